The van der Waals surface area contributed by atoms with E-state index in [9.17, 15) is 19.2 Å². The van der Waals surface area contributed by atoms with Gasteiger partial charge in [-0.15, -0.1) is 0 Å². The summed E-state index contributed by atoms with van der Waals surface area (Å²) in [6.45, 7) is 25.0. The molecule has 0 saturated heterocycles. The number of Topliss-reactive ketones (excluding diaryl/α,β-unsaturated/α-hetero) is 1. The monoisotopic (exact) mass is 2440 g/mol. The Morgan fingerprint density at radius 1 is 0.383 bits per heavy atom. The van der Waals surface area contributed by atoms with Gasteiger partial charge in [0.1, 0.15) is 5.82 Å². The minimum Gasteiger partial charge on any atom is -0.545 e. The van der Waals surface area contributed by atoms with Crippen LogP contribution in [0.1, 0.15) is 73.7 Å². The van der Waals surface area contributed by atoms with E-state index in [4.69, 9.17) is 37.1 Å². The normalized spacial score (nSPS) is 10.3. The Bertz CT molecular complexity index is 5100. The van der Waals surface area contributed by atoms with Crippen molar-refractivity contribution in [1.82, 2.24) is 79.3 Å². The first kappa shape index (κ1) is 104. The molecule has 115 heavy (non-hydrogen) atoms. The fraction of sp³-hybridized carbons (Fsp3) is 0.143. The molecule has 0 bridgehead atoms. The molecule has 15 rings (SSSR count). The molecule has 0 aliphatic heterocycles. The number of ketones is 4. The third kappa shape index (κ3) is 35.2. The number of benzene rings is 5. The van der Waals surface area contributed by atoms with E-state index in [0.29, 0.717) is 28.9 Å². The number of nitrogens with zero attached hydrogens (tertiary/aromatic N) is 17. The molecule has 31 heteroatoms. The number of para-hydroxylation sites is 10. The van der Waals surface area contributed by atoms with E-state index in [1.54, 1.807) is 31.7 Å². The van der Waals surface area contributed by atoms with Crippen LogP contribution in [0.2, 0.25) is 0 Å². The molecule has 0 aliphatic rings. The van der Waals surface area contributed by atoms with Crippen molar-refractivity contribution in [3.05, 3.63) is 284 Å². The Labute approximate surface area is 733 Å². The van der Waals surface area contributed by atoms with Gasteiger partial charge in [-0.1, -0.05) is 145 Å². The predicted molar refractivity (Wildman–Crippen MR) is 425 cm³/mol. The molecule has 0 spiro atoms. The molecule has 0 saturated carbocycles. The SMILES string of the molecule is CC(=O)C(C)=C(C)O.CC(=O)C=C(C)O.CC(=O)C=C(C)O.CC(=O)C=C(C)O.Cc1nc(-c2ccccn2)[n-]c1C.Cn1c(-c2nc3ccccc3[n-]2)nc2ccccc21.[C-]#N.[CH-]=O.[Ir+3].[Ir].[Ir].[Ir].[Pt].c1ccc(-c2nc3ccccc3[n-]2)nc1.c1ccc(-c2nc3ccccc3[n-]2)nc1.c1ccc(-c2nc3ccccc3[n-]2)nc1. The van der Waals surface area contributed by atoms with E-state index < -0.39 is 0 Å². The average Bonchev–Trinajstić information content (AvgIpc) is 1.63. The van der Waals surface area contributed by atoms with Gasteiger partial charge in [-0.25, -0.2) is 4.98 Å². The van der Waals surface area contributed by atoms with Gasteiger partial charge in [-0.3, -0.25) is 45.9 Å². The van der Waals surface area contributed by atoms with Gasteiger partial charge >= 0.3 is 20.1 Å². The summed E-state index contributed by atoms with van der Waals surface area (Å²) in [6.07, 6.45) is 10.5. The number of allylic oxidation sites excluding steroid dienone is 8. The van der Waals surface area contributed by atoms with Gasteiger partial charge < -0.3 is 91.5 Å². The molecule has 3 radical (unpaired) electrons. The number of imidazole rings is 6. The summed E-state index contributed by atoms with van der Waals surface area (Å²) in [5, 5.41) is 40.0. The number of pyridine rings is 4. The van der Waals surface area contributed by atoms with Crippen LogP contribution in [-0.2, 0) is 133 Å². The van der Waals surface area contributed by atoms with Crippen molar-refractivity contribution < 1.29 is 146 Å². The van der Waals surface area contributed by atoms with Gasteiger partial charge in [0.15, 0.2) is 23.1 Å². The van der Waals surface area contributed by atoms with E-state index in [-0.39, 0.29) is 148 Å². The van der Waals surface area contributed by atoms with Crippen molar-refractivity contribution in [3.8, 4) is 57.7 Å². The van der Waals surface area contributed by atoms with E-state index in [0.717, 1.165) is 101 Å². The number of hydrogen-bond acceptors (Lipinski definition) is 20. The van der Waals surface area contributed by atoms with Crippen LogP contribution >= 0.6 is 0 Å². The van der Waals surface area contributed by atoms with Crippen molar-refractivity contribution in [2.24, 2.45) is 7.05 Å². The van der Waals surface area contributed by atoms with Crippen molar-refractivity contribution in [1.29, 1.82) is 5.26 Å². The topological polar surface area (TPSA) is 394 Å². The van der Waals surface area contributed by atoms with Crippen molar-refractivity contribution in [2.45, 2.75) is 76.2 Å². The number of hydrogen-bond donors (Lipinski definition) is 4. The van der Waals surface area contributed by atoms with Crippen LogP contribution < -0.4 is 24.9 Å². The molecular formula is C84H80Ir4N17O9Pt-4. The number of fused-ring (bicyclic) bond motifs is 5. The zero-order valence-corrected chi connectivity index (χ0v) is 76.0. The maximum absolute atomic E-state index is 10.4. The fourth-order valence-electron chi connectivity index (χ4n) is 9.15. The second kappa shape index (κ2) is 55.1. The summed E-state index contributed by atoms with van der Waals surface area (Å²) in [7, 11) is 1.99. The first-order valence-corrected chi connectivity index (χ1v) is 33.4. The summed E-state index contributed by atoms with van der Waals surface area (Å²) >= 11 is 0. The van der Waals surface area contributed by atoms with Crippen LogP contribution in [0.25, 0.3) is 113 Å². The fourth-order valence-corrected chi connectivity index (χ4v) is 9.15. The zero-order valence-electron chi connectivity index (χ0n) is 64.2. The largest absolute Gasteiger partial charge is 3.00 e. The molecule has 15 aromatic rings. The molecule has 605 valence electrons. The number of carbonyl (C=O) groups is 4. The molecule has 4 N–H and O–H groups in total. The number of rotatable bonds is 9. The van der Waals surface area contributed by atoms with Crippen LogP contribution in [0.15, 0.2) is 266 Å². The van der Waals surface area contributed by atoms with Gasteiger partial charge in [0.25, 0.3) is 0 Å². The number of aromatic nitrogens is 16. The average molecular weight is 2440 g/mol. The Balaban J connectivity index is 0.00000128. The summed E-state index contributed by atoms with van der Waals surface area (Å²) in [5.41, 5.74) is 15.0. The van der Waals surface area contributed by atoms with Crippen LogP contribution in [0.5, 0.6) is 0 Å². The summed E-state index contributed by atoms with van der Waals surface area (Å²) < 4.78 is 2.03. The first-order valence-electron chi connectivity index (χ1n) is 33.4. The molecule has 10 heterocycles. The summed E-state index contributed by atoms with van der Waals surface area (Å²) in [6, 6.07) is 62.3. The van der Waals surface area contributed by atoms with Crippen LogP contribution in [-0.4, -0.2) is 105 Å². The van der Waals surface area contributed by atoms with Gasteiger partial charge in [-0.2, -0.15) is 0 Å². The Morgan fingerprint density at radius 2 is 0.643 bits per heavy atom. The minimum absolute atomic E-state index is 0. The maximum Gasteiger partial charge on any atom is 3.00 e. The minimum atomic E-state index is -0.125. The smallest absolute Gasteiger partial charge is 0.545 e. The van der Waals surface area contributed by atoms with Gasteiger partial charge in [0, 0.05) is 137 Å². The molecule has 0 fully saturated rings. The van der Waals surface area contributed by atoms with Crippen LogP contribution in [0, 0.1) is 25.7 Å². The van der Waals surface area contributed by atoms with Gasteiger partial charge in [0.05, 0.1) is 56.8 Å². The van der Waals surface area contributed by atoms with Crippen LogP contribution in [0.3, 0.4) is 0 Å². The molecule has 0 aliphatic carbocycles. The van der Waals surface area contributed by atoms with E-state index >= 15 is 0 Å². The van der Waals surface area contributed by atoms with E-state index in [1.165, 1.54) is 73.6 Å². The number of aliphatic hydroxyl groups is 4. The van der Waals surface area contributed by atoms with Gasteiger partial charge in [-0.05, 0) is 210 Å². The van der Waals surface area contributed by atoms with Crippen LogP contribution in [0.4, 0.5) is 0 Å². The van der Waals surface area contributed by atoms with E-state index in [1.807, 2.05) is 214 Å². The summed E-state index contributed by atoms with van der Waals surface area (Å²) in [5.74, 6) is 4.12. The quantitative estimate of drug-likeness (QED) is 0.0451. The predicted octanol–water partition coefficient (Wildman–Crippen LogP) is 15.6. The Hall–Kier alpha value is -11.5. The number of aryl methyl sites for hydroxylation is 3. The maximum atomic E-state index is 10.4. The molecule has 0 unspecified atom stereocenters. The third-order valence-corrected chi connectivity index (χ3v) is 14.3. The summed E-state index contributed by atoms with van der Waals surface area (Å²) in [4.78, 5) is 114. The Kier molecular flexibility index (Phi) is 49.6. The van der Waals surface area contributed by atoms with Crippen molar-refractivity contribution in [3.63, 3.8) is 0 Å². The zero-order chi connectivity index (χ0) is 80.7. The molecular weight excluding hydrogens is 2350 g/mol. The van der Waals surface area contributed by atoms with Crippen molar-refractivity contribution in [2.75, 3.05) is 0 Å². The molecule has 10 aromatic heterocycles. The van der Waals surface area contributed by atoms with Crippen molar-refractivity contribution >= 4 is 85.1 Å². The standard InChI is InChI=1S/C15H11N4.3C12H8N3.C10H10N3.C6H10O2.3C5H8O2.CN.CHO.4Ir.Pt/c1-19-13-9-5-4-8-12(13)18-15(19)14-16-10-6-2-3-7-11(10)17-14;3*1-2-6-10-9(5-1)14-12(15-10)11-7-3-4-8-13-11;1-7-8(2)13-10(12-7)9-5-3-4-6-11-9;1-4(5(2)7)6(3)8;3*1-4(6)3-5(2)7;2*1-2;;;;;/h2-9H,1H3;3*1-8H;3-6H,1-2H3;7H,1-3H3;3*3,6H,1-2H3;;1H;;;;;/q5*-1;;;;;2*-1;;;;+3;. The third-order valence-electron chi connectivity index (χ3n) is 14.3. The number of aliphatic hydroxyl groups excluding tert-OH is 4. The van der Waals surface area contributed by atoms with E-state index in [2.05, 4.69) is 87.6 Å². The first-order chi connectivity index (χ1) is 52.8. The molecule has 0 atom stereocenters. The Morgan fingerprint density at radius 3 is 0.861 bits per heavy atom. The van der Waals surface area contributed by atoms with Gasteiger partial charge in [0.2, 0.25) is 0 Å². The molecule has 0 amide bonds. The molecule has 26 nitrogen and oxygen atoms in total. The molecule has 5 aromatic carbocycles. The number of carbonyl (C=O) groups excluding carboxylic acids is 5. The second-order valence-electron chi connectivity index (χ2n) is 23.2. The second-order valence-corrected chi connectivity index (χ2v) is 23.2.